The second-order valence-corrected chi connectivity index (χ2v) is 4.78. The Kier molecular flexibility index (Phi) is 7.07. The number of nitrogens with zero attached hydrogens (tertiary/aromatic N) is 2. The number of unbranched alkanes of at least 4 members (excludes halogenated alkanes) is 4. The number of aromatic nitrogens is 1. The molecule has 0 atom stereocenters. The zero-order valence-corrected chi connectivity index (χ0v) is 11.6. The highest BCUT2D eigenvalue weighted by atomic mass is 16.2. The van der Waals surface area contributed by atoms with Gasteiger partial charge in [-0.1, -0.05) is 38.7 Å². The van der Waals surface area contributed by atoms with Crippen LogP contribution in [-0.2, 0) is 11.3 Å². The van der Waals surface area contributed by atoms with E-state index in [2.05, 4.69) is 11.9 Å². The summed E-state index contributed by atoms with van der Waals surface area (Å²) in [6, 6.07) is 3.90. The number of hydrogen-bond acceptors (Lipinski definition) is 2. The molecule has 0 unspecified atom stereocenters. The maximum Gasteiger partial charge on any atom is 0.222 e. The van der Waals surface area contributed by atoms with Gasteiger partial charge in [0.1, 0.15) is 0 Å². The van der Waals surface area contributed by atoms with Crippen molar-refractivity contribution in [3.05, 3.63) is 30.1 Å². The standard InChI is InChI=1S/C15H24N2O/c1-3-4-5-6-7-10-15(18)17(2)13-14-9-8-11-16-12-14/h8-9,11-12H,3-7,10,13H2,1-2H3. The first-order valence-electron chi connectivity index (χ1n) is 6.87. The molecule has 0 radical (unpaired) electrons. The molecular formula is C15H24N2O. The Balaban J connectivity index is 2.21. The Morgan fingerprint density at radius 1 is 1.28 bits per heavy atom. The zero-order valence-electron chi connectivity index (χ0n) is 11.6. The molecule has 0 aliphatic heterocycles. The largest absolute Gasteiger partial charge is 0.341 e. The van der Waals surface area contributed by atoms with Crippen LogP contribution in [0.3, 0.4) is 0 Å². The van der Waals surface area contributed by atoms with Crippen molar-refractivity contribution in [1.82, 2.24) is 9.88 Å². The van der Waals surface area contributed by atoms with E-state index < -0.39 is 0 Å². The molecule has 0 N–H and O–H groups in total. The van der Waals surface area contributed by atoms with Gasteiger partial charge < -0.3 is 4.90 Å². The van der Waals surface area contributed by atoms with Crippen LogP contribution in [0.1, 0.15) is 51.0 Å². The van der Waals surface area contributed by atoms with E-state index in [-0.39, 0.29) is 5.91 Å². The summed E-state index contributed by atoms with van der Waals surface area (Å²) in [6.07, 6.45) is 10.2. The topological polar surface area (TPSA) is 33.2 Å². The van der Waals surface area contributed by atoms with Crippen LogP contribution in [0.25, 0.3) is 0 Å². The van der Waals surface area contributed by atoms with Gasteiger partial charge in [-0.15, -0.1) is 0 Å². The summed E-state index contributed by atoms with van der Waals surface area (Å²) in [5.41, 5.74) is 1.08. The number of amides is 1. The number of pyridine rings is 1. The van der Waals surface area contributed by atoms with Gasteiger partial charge in [-0.25, -0.2) is 0 Å². The molecule has 0 spiro atoms. The lowest BCUT2D eigenvalue weighted by Gasteiger charge is -2.17. The average Bonchev–Trinajstić information content (AvgIpc) is 2.39. The van der Waals surface area contributed by atoms with E-state index in [0.717, 1.165) is 12.0 Å². The van der Waals surface area contributed by atoms with E-state index in [4.69, 9.17) is 0 Å². The van der Waals surface area contributed by atoms with E-state index >= 15 is 0 Å². The number of hydrogen-bond donors (Lipinski definition) is 0. The van der Waals surface area contributed by atoms with Gasteiger partial charge in [0.2, 0.25) is 5.91 Å². The maximum atomic E-state index is 11.9. The van der Waals surface area contributed by atoms with E-state index in [0.29, 0.717) is 13.0 Å². The molecule has 0 fully saturated rings. The number of rotatable bonds is 8. The van der Waals surface area contributed by atoms with E-state index in [9.17, 15) is 4.79 Å². The molecule has 0 aromatic carbocycles. The number of carbonyl (C=O) groups excluding carboxylic acids is 1. The third kappa shape index (κ3) is 5.80. The van der Waals surface area contributed by atoms with Crippen molar-refractivity contribution < 1.29 is 4.79 Å². The minimum atomic E-state index is 0.232. The molecule has 0 saturated heterocycles. The van der Waals surface area contributed by atoms with Crippen LogP contribution >= 0.6 is 0 Å². The fourth-order valence-electron chi connectivity index (χ4n) is 1.92. The van der Waals surface area contributed by atoms with Crippen molar-refractivity contribution in [2.24, 2.45) is 0 Å². The molecule has 1 aromatic rings. The summed E-state index contributed by atoms with van der Waals surface area (Å²) in [7, 11) is 1.86. The minimum absolute atomic E-state index is 0.232. The lowest BCUT2D eigenvalue weighted by Crippen LogP contribution is -2.25. The van der Waals surface area contributed by atoms with Gasteiger partial charge in [0, 0.05) is 32.4 Å². The fourth-order valence-corrected chi connectivity index (χ4v) is 1.92. The summed E-state index contributed by atoms with van der Waals surface area (Å²) in [5.74, 6) is 0.232. The van der Waals surface area contributed by atoms with Crippen LogP contribution in [0.4, 0.5) is 0 Å². The fraction of sp³-hybridized carbons (Fsp3) is 0.600. The second-order valence-electron chi connectivity index (χ2n) is 4.78. The summed E-state index contributed by atoms with van der Waals surface area (Å²) in [6.45, 7) is 2.86. The SMILES string of the molecule is CCCCCCCC(=O)N(C)Cc1cccnc1. The smallest absolute Gasteiger partial charge is 0.222 e. The first-order chi connectivity index (χ1) is 8.74. The van der Waals surface area contributed by atoms with Crippen molar-refractivity contribution in [2.45, 2.75) is 52.0 Å². The third-order valence-corrected chi connectivity index (χ3v) is 3.06. The highest BCUT2D eigenvalue weighted by Gasteiger charge is 2.08. The predicted molar refractivity (Wildman–Crippen MR) is 74.1 cm³/mol. The maximum absolute atomic E-state index is 11.9. The van der Waals surface area contributed by atoms with Gasteiger partial charge in [-0.05, 0) is 18.1 Å². The van der Waals surface area contributed by atoms with E-state index in [1.54, 1.807) is 11.1 Å². The summed E-state index contributed by atoms with van der Waals surface area (Å²) < 4.78 is 0. The van der Waals surface area contributed by atoms with E-state index in [1.165, 1.54) is 25.7 Å². The van der Waals surface area contributed by atoms with Gasteiger partial charge in [0.25, 0.3) is 0 Å². The molecule has 1 aromatic heterocycles. The summed E-state index contributed by atoms with van der Waals surface area (Å²) >= 11 is 0. The monoisotopic (exact) mass is 248 g/mol. The molecule has 100 valence electrons. The highest BCUT2D eigenvalue weighted by molar-refractivity contribution is 5.75. The molecule has 3 heteroatoms. The molecule has 1 rings (SSSR count). The minimum Gasteiger partial charge on any atom is -0.341 e. The van der Waals surface area contributed by atoms with Gasteiger partial charge in [-0.2, -0.15) is 0 Å². The average molecular weight is 248 g/mol. The van der Waals surface area contributed by atoms with Gasteiger partial charge in [0.05, 0.1) is 0 Å². The van der Waals surface area contributed by atoms with Crippen LogP contribution in [0.15, 0.2) is 24.5 Å². The molecule has 3 nitrogen and oxygen atoms in total. The van der Waals surface area contributed by atoms with Crippen molar-refractivity contribution in [3.63, 3.8) is 0 Å². The van der Waals surface area contributed by atoms with Crippen molar-refractivity contribution in [2.75, 3.05) is 7.05 Å². The number of carbonyl (C=O) groups is 1. The Hall–Kier alpha value is -1.38. The van der Waals surface area contributed by atoms with Gasteiger partial charge >= 0.3 is 0 Å². The summed E-state index contributed by atoms with van der Waals surface area (Å²) in [4.78, 5) is 17.7. The lowest BCUT2D eigenvalue weighted by atomic mass is 10.1. The Bertz CT molecular complexity index is 338. The molecule has 1 amide bonds. The predicted octanol–water partition coefficient (Wildman–Crippen LogP) is 3.40. The Labute approximate surface area is 110 Å². The highest BCUT2D eigenvalue weighted by Crippen LogP contribution is 2.08. The first-order valence-corrected chi connectivity index (χ1v) is 6.87. The molecule has 18 heavy (non-hydrogen) atoms. The lowest BCUT2D eigenvalue weighted by molar-refractivity contribution is -0.130. The quantitative estimate of drug-likeness (QED) is 0.661. The van der Waals surface area contributed by atoms with Crippen molar-refractivity contribution in [1.29, 1.82) is 0 Å². The molecule has 0 bridgehead atoms. The van der Waals surface area contributed by atoms with Crippen LogP contribution < -0.4 is 0 Å². The molecule has 0 aliphatic carbocycles. The Morgan fingerprint density at radius 3 is 2.72 bits per heavy atom. The van der Waals surface area contributed by atoms with Crippen LogP contribution in [-0.4, -0.2) is 22.8 Å². The molecular weight excluding hydrogens is 224 g/mol. The molecule has 0 saturated carbocycles. The van der Waals surface area contributed by atoms with E-state index in [1.807, 2.05) is 25.4 Å². The third-order valence-electron chi connectivity index (χ3n) is 3.06. The van der Waals surface area contributed by atoms with Gasteiger partial charge in [-0.3, -0.25) is 9.78 Å². The van der Waals surface area contributed by atoms with Crippen LogP contribution in [0.5, 0.6) is 0 Å². The normalized spacial score (nSPS) is 10.3. The van der Waals surface area contributed by atoms with Crippen LogP contribution in [0, 0.1) is 0 Å². The van der Waals surface area contributed by atoms with Gasteiger partial charge in [0.15, 0.2) is 0 Å². The zero-order chi connectivity index (χ0) is 13.2. The van der Waals surface area contributed by atoms with Crippen molar-refractivity contribution in [3.8, 4) is 0 Å². The molecule has 1 heterocycles. The first kappa shape index (κ1) is 14.7. The van der Waals surface area contributed by atoms with Crippen molar-refractivity contribution >= 4 is 5.91 Å². The Morgan fingerprint density at radius 2 is 2.06 bits per heavy atom. The second kappa shape index (κ2) is 8.67. The van der Waals surface area contributed by atoms with Crippen LogP contribution in [0.2, 0.25) is 0 Å². The molecule has 0 aliphatic rings. The summed E-state index contributed by atoms with van der Waals surface area (Å²) in [5, 5.41) is 0.